The van der Waals surface area contributed by atoms with E-state index in [9.17, 15) is 15.2 Å². The Morgan fingerprint density at radius 2 is 1.94 bits per heavy atom. The third-order valence-electron chi connectivity index (χ3n) is 2.29. The number of phenols is 1. The minimum Gasteiger partial charge on any atom is -0.504 e. The Kier molecular flexibility index (Phi) is 3.01. The molecule has 0 fully saturated rings. The zero-order valence-corrected chi connectivity index (χ0v) is 9.24. The fourth-order valence-corrected chi connectivity index (χ4v) is 1.43. The number of benzene rings is 2. The molecule has 3 N–H and O–H groups in total. The van der Waals surface area contributed by atoms with Crippen LogP contribution in [0.2, 0.25) is 0 Å². The summed E-state index contributed by atoms with van der Waals surface area (Å²) in [6, 6.07) is 10.4. The van der Waals surface area contributed by atoms with E-state index < -0.39 is 4.92 Å². The van der Waals surface area contributed by atoms with Gasteiger partial charge in [0.25, 0.3) is 5.69 Å². The Labute approximate surface area is 102 Å². The number of hydrogen-bond acceptors (Lipinski definition) is 5. The van der Waals surface area contributed by atoms with Crippen molar-refractivity contribution in [2.24, 2.45) is 0 Å². The number of phenolic OH excluding ortho intramolecular Hbond substituents is 1. The molecule has 6 nitrogen and oxygen atoms in total. The second-order valence-electron chi connectivity index (χ2n) is 3.55. The number of para-hydroxylation sites is 2. The molecular formula is C12H10N2O4. The first-order chi connectivity index (χ1) is 8.58. The standard InChI is InChI=1S/C12H10N2O4/c13-9-7-8(5-6-10(9)14(16)17)18-12-4-2-1-3-11(12)15/h1-7,15H,13H2. The molecule has 0 unspecified atom stereocenters. The second-order valence-corrected chi connectivity index (χ2v) is 3.55. The largest absolute Gasteiger partial charge is 0.504 e. The molecule has 18 heavy (non-hydrogen) atoms. The molecule has 6 heteroatoms. The molecule has 92 valence electrons. The Bertz CT molecular complexity index is 598. The summed E-state index contributed by atoms with van der Waals surface area (Å²) < 4.78 is 5.37. The lowest BCUT2D eigenvalue weighted by molar-refractivity contribution is -0.383. The molecule has 0 radical (unpaired) electrons. The number of nitrogens with zero attached hydrogens (tertiary/aromatic N) is 1. The molecule has 0 saturated carbocycles. The molecule has 2 aromatic carbocycles. The van der Waals surface area contributed by atoms with Crippen LogP contribution in [0.25, 0.3) is 0 Å². The minimum absolute atomic E-state index is 0.00733. The predicted molar refractivity (Wildman–Crippen MR) is 65.7 cm³/mol. The van der Waals surface area contributed by atoms with Crippen LogP contribution in [0.3, 0.4) is 0 Å². The van der Waals surface area contributed by atoms with Crippen LogP contribution >= 0.6 is 0 Å². The smallest absolute Gasteiger partial charge is 0.292 e. The van der Waals surface area contributed by atoms with Crippen LogP contribution < -0.4 is 10.5 Å². The second kappa shape index (κ2) is 4.62. The van der Waals surface area contributed by atoms with E-state index in [1.807, 2.05) is 0 Å². The van der Waals surface area contributed by atoms with Crippen molar-refractivity contribution in [3.63, 3.8) is 0 Å². The van der Waals surface area contributed by atoms with Gasteiger partial charge >= 0.3 is 0 Å². The van der Waals surface area contributed by atoms with Gasteiger partial charge in [-0.05, 0) is 18.2 Å². The van der Waals surface area contributed by atoms with E-state index in [0.29, 0.717) is 5.75 Å². The van der Waals surface area contributed by atoms with Crippen molar-refractivity contribution in [3.8, 4) is 17.2 Å². The van der Waals surface area contributed by atoms with Crippen molar-refractivity contribution in [2.45, 2.75) is 0 Å². The van der Waals surface area contributed by atoms with Crippen LogP contribution in [0.5, 0.6) is 17.2 Å². The highest BCUT2D eigenvalue weighted by Gasteiger charge is 2.12. The van der Waals surface area contributed by atoms with Crippen molar-refractivity contribution in [3.05, 3.63) is 52.6 Å². The monoisotopic (exact) mass is 246 g/mol. The molecule has 0 bridgehead atoms. The molecule has 0 spiro atoms. The average Bonchev–Trinajstić information content (AvgIpc) is 2.32. The Morgan fingerprint density at radius 1 is 1.22 bits per heavy atom. The van der Waals surface area contributed by atoms with Gasteiger partial charge in [0.05, 0.1) is 4.92 Å². The Balaban J connectivity index is 2.29. The van der Waals surface area contributed by atoms with Gasteiger partial charge < -0.3 is 15.6 Å². The molecule has 0 aliphatic rings. The number of rotatable bonds is 3. The summed E-state index contributed by atoms with van der Waals surface area (Å²) in [4.78, 5) is 10.0. The molecule has 2 aromatic rings. The van der Waals surface area contributed by atoms with Crippen molar-refractivity contribution in [1.82, 2.24) is 0 Å². The van der Waals surface area contributed by atoms with E-state index in [0.717, 1.165) is 0 Å². The zero-order valence-electron chi connectivity index (χ0n) is 9.24. The maximum absolute atomic E-state index is 10.6. The third kappa shape index (κ3) is 2.32. The van der Waals surface area contributed by atoms with Crippen LogP contribution in [0.1, 0.15) is 0 Å². The van der Waals surface area contributed by atoms with Crippen molar-refractivity contribution < 1.29 is 14.8 Å². The Morgan fingerprint density at radius 3 is 2.56 bits per heavy atom. The van der Waals surface area contributed by atoms with Crippen LogP contribution in [0, 0.1) is 10.1 Å². The van der Waals surface area contributed by atoms with Crippen LogP contribution in [-0.2, 0) is 0 Å². The number of anilines is 1. The number of aromatic hydroxyl groups is 1. The van der Waals surface area contributed by atoms with Crippen molar-refractivity contribution >= 4 is 11.4 Å². The minimum atomic E-state index is -0.570. The quantitative estimate of drug-likeness (QED) is 0.492. The van der Waals surface area contributed by atoms with Gasteiger partial charge in [-0.25, -0.2) is 0 Å². The molecule has 0 heterocycles. The van der Waals surface area contributed by atoms with Crippen molar-refractivity contribution in [1.29, 1.82) is 0 Å². The van der Waals surface area contributed by atoms with Crippen LogP contribution in [0.15, 0.2) is 42.5 Å². The molecule has 0 saturated heterocycles. The van der Waals surface area contributed by atoms with E-state index in [1.165, 1.54) is 24.3 Å². The number of ether oxygens (including phenoxy) is 1. The van der Waals surface area contributed by atoms with Gasteiger partial charge in [-0.15, -0.1) is 0 Å². The summed E-state index contributed by atoms with van der Waals surface area (Å²) in [6.07, 6.45) is 0. The fourth-order valence-electron chi connectivity index (χ4n) is 1.43. The van der Waals surface area contributed by atoms with Gasteiger partial charge in [0.1, 0.15) is 11.4 Å². The van der Waals surface area contributed by atoms with Gasteiger partial charge in [0, 0.05) is 12.1 Å². The van der Waals surface area contributed by atoms with Gasteiger partial charge in [-0.1, -0.05) is 12.1 Å². The SMILES string of the molecule is Nc1cc(Oc2ccccc2O)ccc1[N+](=O)[O-]. The molecule has 0 atom stereocenters. The Hall–Kier alpha value is -2.76. The van der Waals surface area contributed by atoms with Gasteiger partial charge in [-0.3, -0.25) is 10.1 Å². The zero-order chi connectivity index (χ0) is 13.1. The van der Waals surface area contributed by atoms with Crippen LogP contribution in [-0.4, -0.2) is 10.0 Å². The summed E-state index contributed by atoms with van der Waals surface area (Å²) in [5.41, 5.74) is 5.36. The lowest BCUT2D eigenvalue weighted by Gasteiger charge is -2.07. The summed E-state index contributed by atoms with van der Waals surface area (Å²) >= 11 is 0. The van der Waals surface area contributed by atoms with E-state index in [4.69, 9.17) is 10.5 Å². The molecular weight excluding hydrogens is 236 g/mol. The molecule has 0 aliphatic carbocycles. The highest BCUT2D eigenvalue weighted by Crippen LogP contribution is 2.33. The lowest BCUT2D eigenvalue weighted by Crippen LogP contribution is -1.96. The first kappa shape index (κ1) is 11.7. The first-order valence-corrected chi connectivity index (χ1v) is 5.07. The molecule has 0 aromatic heterocycles. The number of nitro benzene ring substituents is 1. The predicted octanol–water partition coefficient (Wildman–Crippen LogP) is 2.67. The summed E-state index contributed by atoms with van der Waals surface area (Å²) in [7, 11) is 0. The summed E-state index contributed by atoms with van der Waals surface area (Å²) in [5.74, 6) is 0.555. The van der Waals surface area contributed by atoms with Gasteiger partial charge in [0.15, 0.2) is 11.5 Å². The summed E-state index contributed by atoms with van der Waals surface area (Å²) in [6.45, 7) is 0. The van der Waals surface area contributed by atoms with Gasteiger partial charge in [0.2, 0.25) is 0 Å². The van der Waals surface area contributed by atoms with Crippen molar-refractivity contribution in [2.75, 3.05) is 5.73 Å². The lowest BCUT2D eigenvalue weighted by atomic mass is 10.2. The van der Waals surface area contributed by atoms with Gasteiger partial charge in [-0.2, -0.15) is 0 Å². The average molecular weight is 246 g/mol. The number of nitrogens with two attached hydrogens (primary N) is 1. The fraction of sp³-hybridized carbons (Fsp3) is 0. The molecule has 2 rings (SSSR count). The topological polar surface area (TPSA) is 98.6 Å². The number of nitrogen functional groups attached to an aromatic ring is 1. The highest BCUT2D eigenvalue weighted by atomic mass is 16.6. The normalized spacial score (nSPS) is 10.0. The maximum Gasteiger partial charge on any atom is 0.292 e. The third-order valence-corrected chi connectivity index (χ3v) is 2.29. The first-order valence-electron chi connectivity index (χ1n) is 5.07. The van der Waals surface area contributed by atoms with Crippen LogP contribution in [0.4, 0.5) is 11.4 Å². The van der Waals surface area contributed by atoms with E-state index in [1.54, 1.807) is 18.2 Å². The molecule has 0 amide bonds. The van der Waals surface area contributed by atoms with E-state index in [2.05, 4.69) is 0 Å². The number of hydrogen-bond donors (Lipinski definition) is 2. The van der Waals surface area contributed by atoms with E-state index in [-0.39, 0.29) is 22.9 Å². The van der Waals surface area contributed by atoms with E-state index >= 15 is 0 Å². The summed E-state index contributed by atoms with van der Waals surface area (Å²) in [5, 5.41) is 20.1. The number of nitro groups is 1. The highest BCUT2D eigenvalue weighted by molar-refractivity contribution is 5.61. The molecule has 0 aliphatic heterocycles. The maximum atomic E-state index is 10.6.